The second kappa shape index (κ2) is 10.8. The van der Waals surface area contributed by atoms with E-state index in [1.54, 1.807) is 6.92 Å². The van der Waals surface area contributed by atoms with E-state index in [1.165, 1.54) is 0 Å². The van der Waals surface area contributed by atoms with E-state index >= 15 is 0 Å². The van der Waals surface area contributed by atoms with Crippen LogP contribution in [0.5, 0.6) is 0 Å². The average molecular weight is 497 g/mol. The first-order valence-electron chi connectivity index (χ1n) is 13.0. The quantitative estimate of drug-likeness (QED) is 0.447. The summed E-state index contributed by atoms with van der Waals surface area (Å²) in [7, 11) is 0. The Kier molecular flexibility index (Phi) is 9.08. The first-order valence-corrected chi connectivity index (χ1v) is 13.0. The van der Waals surface area contributed by atoms with Crippen LogP contribution in [0, 0.1) is 0 Å². The normalized spacial score (nSPS) is 24.1. The Morgan fingerprint density at radius 3 is 1.43 bits per heavy atom. The summed E-state index contributed by atoms with van der Waals surface area (Å²) in [6.45, 7) is 20.6. The molecule has 0 aromatic carbocycles. The molecule has 2 saturated heterocycles. The van der Waals surface area contributed by atoms with Crippen molar-refractivity contribution in [2.24, 2.45) is 0 Å². The van der Waals surface area contributed by atoms with Crippen molar-refractivity contribution in [3.63, 3.8) is 0 Å². The molecule has 0 saturated carbocycles. The molecule has 35 heavy (non-hydrogen) atoms. The van der Waals surface area contributed by atoms with E-state index in [9.17, 15) is 14.4 Å². The number of amides is 1. The lowest BCUT2D eigenvalue weighted by Gasteiger charge is -2.54. The van der Waals surface area contributed by atoms with Crippen LogP contribution >= 0.6 is 0 Å². The summed E-state index contributed by atoms with van der Waals surface area (Å²) in [5, 5.41) is 2.03. The van der Waals surface area contributed by atoms with Crippen LogP contribution in [0.15, 0.2) is 0 Å². The minimum atomic E-state index is -0.401. The number of piperidine rings is 2. The Balaban J connectivity index is 1.82. The SMILES string of the molecule is CCON1C(C)(C)CC(OC(=O)CCCC(=O)OC2CC(C)(C)N(C(C)=O)C(C)(C)C2)CC1(C)C. The van der Waals surface area contributed by atoms with Gasteiger partial charge in [0.05, 0.1) is 6.61 Å². The second-order valence-electron chi connectivity index (χ2n) is 12.7. The molecule has 0 aromatic rings. The van der Waals surface area contributed by atoms with Gasteiger partial charge in [-0.1, -0.05) is 0 Å². The standard InChI is InChI=1S/C27H48N2O6/c1-11-33-29-26(7,8)17-21(18-27(29,9)10)35-23(32)14-12-13-22(31)34-20-15-24(3,4)28(19(2)30)25(5,6)16-20/h20-21H,11-18H2,1-10H3. The van der Waals surface area contributed by atoms with Gasteiger partial charge in [-0.2, -0.15) is 5.06 Å². The Hall–Kier alpha value is -1.67. The van der Waals surface area contributed by atoms with Crippen molar-refractivity contribution in [3.8, 4) is 0 Å². The molecule has 2 aliphatic heterocycles. The van der Waals surface area contributed by atoms with Gasteiger partial charge in [-0.05, 0) is 68.7 Å². The van der Waals surface area contributed by atoms with Gasteiger partial charge in [0.15, 0.2) is 0 Å². The van der Waals surface area contributed by atoms with E-state index in [0.29, 0.717) is 38.7 Å². The predicted octanol–water partition coefficient (Wildman–Crippen LogP) is 4.78. The number of likely N-dealkylation sites (tertiary alicyclic amines) is 1. The molecule has 0 bridgehead atoms. The second-order valence-corrected chi connectivity index (χ2v) is 12.7. The van der Waals surface area contributed by atoms with E-state index in [-0.39, 0.29) is 54.0 Å². The number of hydroxylamine groups is 2. The molecule has 0 N–H and O–H groups in total. The fourth-order valence-corrected chi connectivity index (χ4v) is 6.72. The lowest BCUT2D eigenvalue weighted by molar-refractivity contribution is -0.290. The lowest BCUT2D eigenvalue weighted by atomic mass is 9.78. The first-order chi connectivity index (χ1) is 15.9. The summed E-state index contributed by atoms with van der Waals surface area (Å²) in [5.74, 6) is -0.562. The number of ether oxygens (including phenoxy) is 2. The Morgan fingerprint density at radius 1 is 0.714 bits per heavy atom. The van der Waals surface area contributed by atoms with Gasteiger partial charge in [0.2, 0.25) is 5.91 Å². The van der Waals surface area contributed by atoms with Crippen LogP contribution in [0.3, 0.4) is 0 Å². The number of carbonyl (C=O) groups is 3. The van der Waals surface area contributed by atoms with Crippen LogP contribution in [0.1, 0.15) is 114 Å². The zero-order valence-electron chi connectivity index (χ0n) is 23.7. The number of rotatable bonds is 8. The number of hydrogen-bond donors (Lipinski definition) is 0. The topological polar surface area (TPSA) is 85.4 Å². The number of nitrogens with zero attached hydrogens (tertiary/aromatic N) is 2. The van der Waals surface area contributed by atoms with E-state index in [0.717, 1.165) is 0 Å². The van der Waals surface area contributed by atoms with E-state index in [1.807, 2.05) is 44.6 Å². The maximum Gasteiger partial charge on any atom is 0.306 e. The van der Waals surface area contributed by atoms with Gasteiger partial charge >= 0.3 is 11.9 Å². The van der Waals surface area contributed by atoms with Crippen molar-refractivity contribution in [2.45, 2.75) is 149 Å². The highest BCUT2D eigenvalue weighted by Crippen LogP contribution is 2.41. The third-order valence-electron chi connectivity index (χ3n) is 7.15. The Labute approximate surface area is 212 Å². The summed E-state index contributed by atoms with van der Waals surface area (Å²) in [5.41, 5.74) is -1.32. The van der Waals surface area contributed by atoms with E-state index < -0.39 is 11.1 Å². The number of carbonyl (C=O) groups excluding carboxylic acids is 3. The molecule has 0 aromatic heterocycles. The van der Waals surface area contributed by atoms with Crippen molar-refractivity contribution in [2.75, 3.05) is 6.61 Å². The average Bonchev–Trinajstić information content (AvgIpc) is 2.61. The van der Waals surface area contributed by atoms with E-state index in [2.05, 4.69) is 27.7 Å². The van der Waals surface area contributed by atoms with Crippen molar-refractivity contribution in [1.29, 1.82) is 0 Å². The molecule has 0 radical (unpaired) electrons. The third kappa shape index (κ3) is 7.42. The molecule has 0 aliphatic carbocycles. The van der Waals surface area contributed by atoms with Gasteiger partial charge < -0.3 is 14.4 Å². The molecular weight excluding hydrogens is 448 g/mol. The van der Waals surface area contributed by atoms with Gasteiger partial charge in [0.25, 0.3) is 0 Å². The van der Waals surface area contributed by atoms with Crippen LogP contribution in [-0.2, 0) is 28.7 Å². The highest BCUT2D eigenvalue weighted by molar-refractivity contribution is 5.75. The first kappa shape index (κ1) is 29.6. The van der Waals surface area contributed by atoms with Crippen LogP contribution in [-0.4, -0.2) is 68.8 Å². The molecule has 0 spiro atoms. The number of hydrogen-bond acceptors (Lipinski definition) is 7. The van der Waals surface area contributed by atoms with Gasteiger partial charge in [0.1, 0.15) is 12.2 Å². The highest BCUT2D eigenvalue weighted by Gasteiger charge is 2.49. The monoisotopic (exact) mass is 496 g/mol. The minimum Gasteiger partial charge on any atom is -0.462 e. The lowest BCUT2D eigenvalue weighted by Crippen LogP contribution is -2.63. The summed E-state index contributed by atoms with van der Waals surface area (Å²) in [6.07, 6.45) is 2.86. The molecule has 202 valence electrons. The van der Waals surface area contributed by atoms with E-state index in [4.69, 9.17) is 14.3 Å². The molecule has 2 fully saturated rings. The number of esters is 2. The Bertz CT molecular complexity index is 753. The Morgan fingerprint density at radius 2 is 1.09 bits per heavy atom. The maximum absolute atomic E-state index is 12.5. The summed E-state index contributed by atoms with van der Waals surface area (Å²) in [6, 6.07) is 0. The fourth-order valence-electron chi connectivity index (χ4n) is 6.72. The zero-order valence-corrected chi connectivity index (χ0v) is 23.7. The van der Waals surface area contributed by atoms with Crippen LogP contribution in [0.25, 0.3) is 0 Å². The minimum absolute atomic E-state index is 0.0265. The highest BCUT2D eigenvalue weighted by atomic mass is 16.7. The van der Waals surface area contributed by atoms with Crippen LogP contribution in [0.2, 0.25) is 0 Å². The third-order valence-corrected chi connectivity index (χ3v) is 7.15. The van der Waals surface area contributed by atoms with Crippen molar-refractivity contribution < 1.29 is 28.7 Å². The molecule has 0 atom stereocenters. The van der Waals surface area contributed by atoms with Crippen molar-refractivity contribution in [3.05, 3.63) is 0 Å². The van der Waals surface area contributed by atoms with Crippen LogP contribution in [0.4, 0.5) is 0 Å². The molecule has 2 rings (SSSR count). The smallest absolute Gasteiger partial charge is 0.306 e. The molecule has 0 unspecified atom stereocenters. The van der Waals surface area contributed by atoms with Gasteiger partial charge in [0, 0.05) is 67.6 Å². The van der Waals surface area contributed by atoms with Gasteiger partial charge in [-0.25, -0.2) is 0 Å². The van der Waals surface area contributed by atoms with Gasteiger partial charge in [-0.3, -0.25) is 19.2 Å². The summed E-state index contributed by atoms with van der Waals surface area (Å²) < 4.78 is 11.6. The molecule has 2 aliphatic rings. The van der Waals surface area contributed by atoms with Gasteiger partial charge in [-0.15, -0.1) is 0 Å². The van der Waals surface area contributed by atoms with Crippen molar-refractivity contribution in [1.82, 2.24) is 9.96 Å². The molecule has 1 amide bonds. The maximum atomic E-state index is 12.5. The fraction of sp³-hybridized carbons (Fsp3) is 0.889. The largest absolute Gasteiger partial charge is 0.462 e. The van der Waals surface area contributed by atoms with Crippen LogP contribution < -0.4 is 0 Å². The molecular formula is C27H48N2O6. The molecule has 2 heterocycles. The summed E-state index contributed by atoms with van der Waals surface area (Å²) >= 11 is 0. The molecule has 8 heteroatoms. The van der Waals surface area contributed by atoms with Crippen molar-refractivity contribution >= 4 is 17.8 Å². The predicted molar refractivity (Wildman–Crippen MR) is 134 cm³/mol. The zero-order chi connectivity index (χ0) is 26.8. The molecule has 8 nitrogen and oxygen atoms in total. The summed E-state index contributed by atoms with van der Waals surface area (Å²) in [4.78, 5) is 45.0.